The van der Waals surface area contributed by atoms with E-state index in [0.717, 1.165) is 38.5 Å². The van der Waals surface area contributed by atoms with Crippen LogP contribution in [-0.4, -0.2) is 25.1 Å². The van der Waals surface area contributed by atoms with Crippen LogP contribution in [0, 0.1) is 34.5 Å². The minimum Gasteiger partial charge on any atom is -0.264 e. The van der Waals surface area contributed by atoms with Gasteiger partial charge in [-0.3, -0.25) is 4.55 Å². The molecule has 4 fully saturated rings. The monoisotopic (exact) mass is 397 g/mol. The number of rotatable bonds is 3. The average molecular weight is 398 g/mol. The molecule has 27 heavy (non-hydrogen) atoms. The maximum Gasteiger partial charge on any atom is 0.397 e. The molecule has 152 valence electrons. The summed E-state index contributed by atoms with van der Waals surface area (Å²) in [7, 11) is -4.38. The largest absolute Gasteiger partial charge is 0.397 e. The van der Waals surface area contributed by atoms with Crippen LogP contribution in [0.4, 0.5) is 0 Å². The lowest BCUT2D eigenvalue weighted by Gasteiger charge is -2.60. The van der Waals surface area contributed by atoms with Gasteiger partial charge in [-0.05, 0) is 97.8 Å². The van der Waals surface area contributed by atoms with Gasteiger partial charge in [0.2, 0.25) is 0 Å². The second-order valence-corrected chi connectivity index (χ2v) is 11.0. The molecule has 4 aliphatic rings. The SMILES string of the molecule is C[C@]12CC[C@@H](OS(=O)(=O)O)C[C@H]1CC[C@@H]1[C@@H]2CC[C@]2(C)[C@H](N=[N+]=[N-])CC[C@@H]12. The first-order valence-electron chi connectivity index (χ1n) is 10.4. The topological polar surface area (TPSA) is 112 Å². The summed E-state index contributed by atoms with van der Waals surface area (Å²) in [6.45, 7) is 4.74. The molecule has 0 aromatic carbocycles. The quantitative estimate of drug-likeness (QED) is 0.316. The number of hydrogen-bond acceptors (Lipinski definition) is 4. The van der Waals surface area contributed by atoms with Gasteiger partial charge in [0.1, 0.15) is 0 Å². The van der Waals surface area contributed by atoms with Crippen LogP contribution in [0.3, 0.4) is 0 Å². The third-order valence-corrected chi connectivity index (χ3v) is 9.53. The van der Waals surface area contributed by atoms with E-state index in [2.05, 4.69) is 23.9 Å². The Morgan fingerprint density at radius 2 is 1.74 bits per heavy atom. The molecule has 0 bridgehead atoms. The summed E-state index contributed by atoms with van der Waals surface area (Å²) in [6.07, 6.45) is 8.74. The summed E-state index contributed by atoms with van der Waals surface area (Å²) in [4.78, 5) is 3.12. The Labute approximate surface area is 161 Å². The van der Waals surface area contributed by atoms with E-state index in [1.54, 1.807) is 0 Å². The lowest BCUT2D eigenvalue weighted by molar-refractivity contribution is -0.119. The molecule has 0 amide bonds. The van der Waals surface area contributed by atoms with E-state index in [0.29, 0.717) is 30.1 Å². The van der Waals surface area contributed by atoms with Gasteiger partial charge in [-0.25, -0.2) is 4.18 Å². The summed E-state index contributed by atoms with van der Waals surface area (Å²) in [5.41, 5.74) is 9.31. The molecule has 0 aromatic rings. The summed E-state index contributed by atoms with van der Waals surface area (Å²) in [6, 6.07) is 0.137. The van der Waals surface area contributed by atoms with Gasteiger partial charge in [-0.2, -0.15) is 8.42 Å². The lowest BCUT2D eigenvalue weighted by atomic mass is 9.45. The number of fused-ring (bicyclic) bond motifs is 5. The highest BCUT2D eigenvalue weighted by Crippen LogP contribution is 2.66. The maximum absolute atomic E-state index is 11.1. The van der Waals surface area contributed by atoms with Crippen molar-refractivity contribution in [1.82, 2.24) is 0 Å². The molecule has 7 nitrogen and oxygen atoms in total. The van der Waals surface area contributed by atoms with Crippen molar-refractivity contribution in [3.63, 3.8) is 0 Å². The summed E-state index contributed by atoms with van der Waals surface area (Å²) >= 11 is 0. The molecule has 8 heteroatoms. The number of nitrogens with zero attached hydrogens (tertiary/aromatic N) is 3. The molecule has 0 radical (unpaired) electrons. The van der Waals surface area contributed by atoms with E-state index in [9.17, 15) is 8.42 Å². The lowest BCUT2D eigenvalue weighted by Crippen LogP contribution is -2.54. The zero-order chi connectivity index (χ0) is 19.4. The first-order valence-corrected chi connectivity index (χ1v) is 11.7. The van der Waals surface area contributed by atoms with Gasteiger partial charge in [0.25, 0.3) is 0 Å². The predicted octanol–water partition coefficient (Wildman–Crippen LogP) is 4.90. The maximum atomic E-state index is 11.1. The van der Waals surface area contributed by atoms with E-state index in [4.69, 9.17) is 14.3 Å². The highest BCUT2D eigenvalue weighted by atomic mass is 32.3. The van der Waals surface area contributed by atoms with Crippen LogP contribution in [-0.2, 0) is 14.6 Å². The normalized spacial score (nSPS) is 49.4. The fraction of sp³-hybridized carbons (Fsp3) is 1.00. The van der Waals surface area contributed by atoms with E-state index in [1.807, 2.05) is 0 Å². The van der Waals surface area contributed by atoms with E-state index < -0.39 is 10.4 Å². The Bertz CT molecular complexity index is 752. The van der Waals surface area contributed by atoms with Crippen molar-refractivity contribution in [2.24, 2.45) is 39.6 Å². The van der Waals surface area contributed by atoms with Crippen LogP contribution in [0.5, 0.6) is 0 Å². The minimum atomic E-state index is -4.38. The summed E-state index contributed by atoms with van der Waals surface area (Å²) in [5.74, 6) is 2.43. The first kappa shape index (κ1) is 19.5. The fourth-order valence-corrected chi connectivity index (χ4v) is 8.22. The fourth-order valence-electron chi connectivity index (χ4n) is 7.70. The highest BCUT2D eigenvalue weighted by Gasteiger charge is 2.60. The zero-order valence-electron chi connectivity index (χ0n) is 16.2. The Hall–Kier alpha value is -0.820. The van der Waals surface area contributed by atoms with Crippen molar-refractivity contribution in [2.45, 2.75) is 83.8 Å². The third-order valence-electron chi connectivity index (χ3n) is 9.02. The van der Waals surface area contributed by atoms with E-state index in [-0.39, 0.29) is 23.0 Å². The van der Waals surface area contributed by atoms with Crippen LogP contribution in [0.1, 0.15) is 71.6 Å². The smallest absolute Gasteiger partial charge is 0.264 e. The molecule has 4 saturated carbocycles. The molecule has 0 aliphatic heterocycles. The second-order valence-electron chi connectivity index (χ2n) is 9.92. The molecule has 4 rings (SSSR count). The minimum absolute atomic E-state index is 0.137. The molecule has 0 unspecified atom stereocenters. The molecule has 8 atom stereocenters. The molecule has 0 spiro atoms. The summed E-state index contributed by atoms with van der Waals surface area (Å²) < 4.78 is 36.2. The first-order chi connectivity index (χ1) is 12.7. The Balaban J connectivity index is 1.53. The molecule has 4 aliphatic carbocycles. The van der Waals surface area contributed by atoms with Gasteiger partial charge in [-0.1, -0.05) is 19.0 Å². The van der Waals surface area contributed by atoms with Crippen molar-refractivity contribution in [3.8, 4) is 0 Å². The van der Waals surface area contributed by atoms with Gasteiger partial charge >= 0.3 is 10.4 Å². The number of azide groups is 1. The van der Waals surface area contributed by atoms with Crippen LogP contribution < -0.4 is 0 Å². The van der Waals surface area contributed by atoms with Crippen LogP contribution >= 0.6 is 0 Å². The predicted molar refractivity (Wildman–Crippen MR) is 101 cm³/mol. The molecule has 0 aromatic heterocycles. The van der Waals surface area contributed by atoms with Crippen LogP contribution in [0.15, 0.2) is 5.11 Å². The Kier molecular flexibility index (Phi) is 4.78. The third kappa shape index (κ3) is 3.18. The van der Waals surface area contributed by atoms with Crippen molar-refractivity contribution in [2.75, 3.05) is 0 Å². The highest BCUT2D eigenvalue weighted by molar-refractivity contribution is 7.80. The van der Waals surface area contributed by atoms with E-state index >= 15 is 0 Å². The van der Waals surface area contributed by atoms with Crippen molar-refractivity contribution >= 4 is 10.4 Å². The van der Waals surface area contributed by atoms with Gasteiger partial charge in [0.15, 0.2) is 0 Å². The molecular formula is C19H31N3O4S. The van der Waals surface area contributed by atoms with Crippen LogP contribution in [0.25, 0.3) is 10.4 Å². The second kappa shape index (κ2) is 6.61. The van der Waals surface area contributed by atoms with Crippen molar-refractivity contribution < 1.29 is 17.2 Å². The van der Waals surface area contributed by atoms with Crippen LogP contribution in [0.2, 0.25) is 0 Å². The van der Waals surface area contributed by atoms with Crippen molar-refractivity contribution in [1.29, 1.82) is 0 Å². The Morgan fingerprint density at radius 3 is 2.44 bits per heavy atom. The molecular weight excluding hydrogens is 366 g/mol. The Morgan fingerprint density at radius 1 is 1.04 bits per heavy atom. The molecule has 1 N–H and O–H groups in total. The van der Waals surface area contributed by atoms with Gasteiger partial charge in [0.05, 0.1) is 6.10 Å². The van der Waals surface area contributed by atoms with E-state index in [1.165, 1.54) is 12.8 Å². The van der Waals surface area contributed by atoms with Gasteiger partial charge in [-0.15, -0.1) is 0 Å². The zero-order valence-corrected chi connectivity index (χ0v) is 17.1. The standard InChI is InChI=1S/C19H31N3O4S/c1-18-9-7-13(26-27(23,24)25)11-12(18)3-4-14-15-5-6-17(21-22-20)19(15,2)10-8-16(14)18/h12-17H,3-11H2,1-2H3,(H,23,24,25)/t12-,13-,14+,15+,16+,17-,18+,19+/m1/s1. The van der Waals surface area contributed by atoms with Gasteiger partial charge < -0.3 is 0 Å². The average Bonchev–Trinajstić information content (AvgIpc) is 2.91. The van der Waals surface area contributed by atoms with Gasteiger partial charge in [0, 0.05) is 11.0 Å². The van der Waals surface area contributed by atoms with Crippen molar-refractivity contribution in [3.05, 3.63) is 10.4 Å². The number of hydrogen-bond donors (Lipinski definition) is 1. The molecule has 0 saturated heterocycles. The summed E-state index contributed by atoms with van der Waals surface area (Å²) in [5, 5.41) is 4.14. The molecule has 0 heterocycles.